The molecule has 0 aromatic heterocycles. The summed E-state index contributed by atoms with van der Waals surface area (Å²) in [7, 11) is 0. The van der Waals surface area contributed by atoms with Crippen LogP contribution in [0.2, 0.25) is 0 Å². The van der Waals surface area contributed by atoms with Gasteiger partial charge in [-0.3, -0.25) is 4.90 Å². The summed E-state index contributed by atoms with van der Waals surface area (Å²) in [6.07, 6.45) is 10.7. The van der Waals surface area contributed by atoms with Crippen LogP contribution in [0, 0.1) is 10.8 Å². The Bertz CT molecular complexity index is 741. The minimum Gasteiger partial charge on any atom is -0.371 e. The molecule has 33 heavy (non-hydrogen) atoms. The molecule has 4 heteroatoms. The Morgan fingerprint density at radius 1 is 0.848 bits per heavy atom. The minimum atomic E-state index is 0. The van der Waals surface area contributed by atoms with Crippen molar-refractivity contribution >= 4 is 23.8 Å². The summed E-state index contributed by atoms with van der Waals surface area (Å²) in [5.74, 6) is 0.730. The van der Waals surface area contributed by atoms with Gasteiger partial charge < -0.3 is 9.80 Å². The van der Waals surface area contributed by atoms with Gasteiger partial charge in [0.05, 0.1) is 0 Å². The first kappa shape index (κ1) is 26.7. The van der Waals surface area contributed by atoms with Crippen LogP contribution < -0.4 is 9.80 Å². The normalized spacial score (nSPS) is 23.9. The van der Waals surface area contributed by atoms with Crippen LogP contribution in [0.25, 0.3) is 0 Å². The predicted octanol–water partition coefficient (Wildman–Crippen LogP) is 7.34. The van der Waals surface area contributed by atoms with E-state index >= 15 is 0 Å². The van der Waals surface area contributed by atoms with E-state index in [0.717, 1.165) is 5.92 Å². The van der Waals surface area contributed by atoms with Gasteiger partial charge in [0.15, 0.2) is 0 Å². The van der Waals surface area contributed by atoms with Gasteiger partial charge in [-0.1, -0.05) is 41.0 Å². The molecule has 0 spiro atoms. The molecule has 1 aromatic carbocycles. The van der Waals surface area contributed by atoms with E-state index in [9.17, 15) is 0 Å². The van der Waals surface area contributed by atoms with Crippen molar-refractivity contribution in [3.05, 3.63) is 23.8 Å². The highest BCUT2D eigenvalue weighted by Gasteiger charge is 2.32. The van der Waals surface area contributed by atoms with Crippen LogP contribution in [0.5, 0.6) is 0 Å². The molecule has 1 saturated carbocycles. The smallest absolute Gasteiger partial charge is 0.0404 e. The second-order valence-electron chi connectivity index (χ2n) is 12.6. The fourth-order valence-corrected chi connectivity index (χ4v) is 6.30. The number of hydrogen-bond donors (Lipinski definition) is 0. The van der Waals surface area contributed by atoms with E-state index < -0.39 is 0 Å². The topological polar surface area (TPSA) is 9.72 Å². The van der Waals surface area contributed by atoms with Gasteiger partial charge in [0, 0.05) is 50.6 Å². The lowest BCUT2D eigenvalue weighted by Crippen LogP contribution is -2.47. The summed E-state index contributed by atoms with van der Waals surface area (Å²) in [5.41, 5.74) is 5.63. The maximum Gasteiger partial charge on any atom is 0.0404 e. The Morgan fingerprint density at radius 3 is 2.18 bits per heavy atom. The number of benzene rings is 1. The first-order chi connectivity index (χ1) is 15.3. The zero-order valence-corrected chi connectivity index (χ0v) is 23.0. The van der Waals surface area contributed by atoms with E-state index in [-0.39, 0.29) is 12.4 Å². The molecule has 188 valence electrons. The van der Waals surface area contributed by atoms with Crippen molar-refractivity contribution in [2.24, 2.45) is 10.8 Å². The highest BCUT2D eigenvalue weighted by atomic mass is 35.5. The van der Waals surface area contributed by atoms with Gasteiger partial charge in [-0.2, -0.15) is 0 Å². The van der Waals surface area contributed by atoms with Crippen molar-refractivity contribution in [1.29, 1.82) is 0 Å². The molecular formula is C29H50ClN3. The molecule has 0 amide bonds. The average Bonchev–Trinajstić information content (AvgIpc) is 2.77. The van der Waals surface area contributed by atoms with Gasteiger partial charge in [-0.15, -0.1) is 12.4 Å². The molecular weight excluding hydrogens is 426 g/mol. The molecule has 2 heterocycles. The van der Waals surface area contributed by atoms with Crippen molar-refractivity contribution in [2.45, 2.75) is 91.9 Å². The van der Waals surface area contributed by atoms with E-state index in [1.54, 1.807) is 11.3 Å². The number of hydrogen-bond acceptors (Lipinski definition) is 3. The van der Waals surface area contributed by atoms with Gasteiger partial charge in [-0.05, 0) is 92.0 Å². The number of piperidine rings is 1. The third-order valence-electron chi connectivity index (χ3n) is 8.60. The number of halogens is 1. The number of rotatable bonds is 6. The Kier molecular flexibility index (Phi) is 9.06. The number of anilines is 2. The SMILES string of the molecule is CCCCN1CCN(c2ccc(N3CCCC(C)(C)C3)cc2C2CCC(C)(C)CC2)CC1.Cl. The Balaban J connectivity index is 0.00000306. The first-order valence-corrected chi connectivity index (χ1v) is 13.6. The molecule has 0 radical (unpaired) electrons. The second-order valence-corrected chi connectivity index (χ2v) is 12.6. The Hall–Kier alpha value is -0.930. The molecule has 0 unspecified atom stereocenters. The fraction of sp³-hybridized carbons (Fsp3) is 0.793. The van der Waals surface area contributed by atoms with E-state index in [1.807, 2.05) is 0 Å². The molecule has 0 bridgehead atoms. The predicted molar refractivity (Wildman–Crippen MR) is 147 cm³/mol. The number of nitrogens with zero attached hydrogens (tertiary/aromatic N) is 3. The Morgan fingerprint density at radius 2 is 1.55 bits per heavy atom. The lowest BCUT2D eigenvalue weighted by atomic mass is 9.71. The molecule has 1 aromatic rings. The van der Waals surface area contributed by atoms with Crippen molar-refractivity contribution in [3.63, 3.8) is 0 Å². The molecule has 0 N–H and O–H groups in total. The average molecular weight is 476 g/mol. The quantitative estimate of drug-likeness (QED) is 0.426. The largest absolute Gasteiger partial charge is 0.371 e. The lowest BCUT2D eigenvalue weighted by Gasteiger charge is -2.42. The van der Waals surface area contributed by atoms with E-state index in [0.29, 0.717) is 10.8 Å². The highest BCUT2D eigenvalue weighted by molar-refractivity contribution is 5.85. The molecule has 2 aliphatic heterocycles. The van der Waals surface area contributed by atoms with Crippen LogP contribution in [-0.2, 0) is 0 Å². The van der Waals surface area contributed by atoms with Gasteiger partial charge in [0.1, 0.15) is 0 Å². The van der Waals surface area contributed by atoms with Gasteiger partial charge in [-0.25, -0.2) is 0 Å². The fourth-order valence-electron chi connectivity index (χ4n) is 6.30. The van der Waals surface area contributed by atoms with Crippen molar-refractivity contribution < 1.29 is 0 Å². The molecule has 3 fully saturated rings. The van der Waals surface area contributed by atoms with Crippen molar-refractivity contribution in [1.82, 2.24) is 4.90 Å². The van der Waals surface area contributed by atoms with Gasteiger partial charge in [0.25, 0.3) is 0 Å². The summed E-state index contributed by atoms with van der Waals surface area (Å²) in [6.45, 7) is 20.6. The summed E-state index contributed by atoms with van der Waals surface area (Å²) in [5, 5.41) is 0. The van der Waals surface area contributed by atoms with E-state index in [4.69, 9.17) is 0 Å². The van der Waals surface area contributed by atoms with Gasteiger partial charge in [0.2, 0.25) is 0 Å². The summed E-state index contributed by atoms with van der Waals surface area (Å²) >= 11 is 0. The molecule has 3 aliphatic rings. The summed E-state index contributed by atoms with van der Waals surface area (Å²) in [6, 6.07) is 7.55. The van der Waals surface area contributed by atoms with Crippen LogP contribution in [0.1, 0.15) is 97.5 Å². The zero-order chi connectivity index (χ0) is 22.8. The van der Waals surface area contributed by atoms with Crippen LogP contribution in [0.4, 0.5) is 11.4 Å². The molecule has 1 aliphatic carbocycles. The highest BCUT2D eigenvalue weighted by Crippen LogP contribution is 2.46. The lowest BCUT2D eigenvalue weighted by molar-refractivity contribution is 0.224. The maximum atomic E-state index is 2.71. The molecule has 3 nitrogen and oxygen atoms in total. The third kappa shape index (κ3) is 6.82. The zero-order valence-electron chi connectivity index (χ0n) is 22.2. The molecule has 4 rings (SSSR count). The van der Waals surface area contributed by atoms with Crippen molar-refractivity contribution in [3.8, 4) is 0 Å². The van der Waals surface area contributed by atoms with Crippen LogP contribution in [-0.4, -0.2) is 50.7 Å². The first-order valence-electron chi connectivity index (χ1n) is 13.6. The monoisotopic (exact) mass is 475 g/mol. The van der Waals surface area contributed by atoms with Gasteiger partial charge >= 0.3 is 0 Å². The summed E-state index contributed by atoms with van der Waals surface area (Å²) in [4.78, 5) is 8.06. The van der Waals surface area contributed by atoms with E-state index in [2.05, 4.69) is 67.5 Å². The molecule has 2 saturated heterocycles. The van der Waals surface area contributed by atoms with Crippen LogP contribution in [0.3, 0.4) is 0 Å². The maximum absolute atomic E-state index is 2.71. The van der Waals surface area contributed by atoms with E-state index in [1.165, 1.54) is 103 Å². The minimum absolute atomic E-state index is 0. The third-order valence-corrected chi connectivity index (χ3v) is 8.60. The molecule has 0 atom stereocenters. The van der Waals surface area contributed by atoms with Crippen LogP contribution in [0.15, 0.2) is 18.2 Å². The summed E-state index contributed by atoms with van der Waals surface area (Å²) < 4.78 is 0. The number of unbranched alkanes of at least 4 members (excludes halogenated alkanes) is 1. The standard InChI is InChI=1S/C29H49N3.ClH/c1-6-7-16-30-18-20-31(21-19-30)27-10-9-25(32-17-8-13-29(4,5)23-32)22-26(27)24-11-14-28(2,3)15-12-24;/h9-10,22,24H,6-8,11-21,23H2,1-5H3;1H. The van der Waals surface area contributed by atoms with Crippen LogP contribution >= 0.6 is 12.4 Å². The Labute approximate surface area is 210 Å². The number of piperazine rings is 1. The second kappa shape index (κ2) is 11.2. The van der Waals surface area contributed by atoms with Crippen molar-refractivity contribution in [2.75, 3.05) is 55.6 Å².